The molecule has 2 aromatic carbocycles. The zero-order valence-electron chi connectivity index (χ0n) is 17.1. The molecule has 0 radical (unpaired) electrons. The van der Waals surface area contributed by atoms with Crippen molar-refractivity contribution < 1.29 is 19.8 Å². The molecule has 0 aliphatic carbocycles. The molecule has 1 heterocycles. The number of nitrogens with zero attached hydrogens (tertiary/aromatic N) is 1. The predicted molar refractivity (Wildman–Crippen MR) is 117 cm³/mol. The molecular formula is C23H23N3O5. The van der Waals surface area contributed by atoms with E-state index in [4.69, 9.17) is 0 Å². The summed E-state index contributed by atoms with van der Waals surface area (Å²) in [6.07, 6.45) is 1.01. The van der Waals surface area contributed by atoms with E-state index in [-0.39, 0.29) is 17.9 Å². The van der Waals surface area contributed by atoms with E-state index in [2.05, 4.69) is 10.6 Å². The van der Waals surface area contributed by atoms with Crippen molar-refractivity contribution in [3.05, 3.63) is 82.3 Å². The second kappa shape index (κ2) is 9.17. The minimum absolute atomic E-state index is 0.287. The number of pyridine rings is 1. The van der Waals surface area contributed by atoms with Crippen molar-refractivity contribution in [1.82, 2.24) is 9.88 Å². The van der Waals surface area contributed by atoms with Crippen LogP contribution in [-0.4, -0.2) is 26.8 Å². The Hall–Kier alpha value is -4.07. The Balaban J connectivity index is 1.88. The summed E-state index contributed by atoms with van der Waals surface area (Å²) >= 11 is 0. The molecule has 160 valence electrons. The van der Waals surface area contributed by atoms with E-state index in [1.54, 1.807) is 12.1 Å². The zero-order valence-corrected chi connectivity index (χ0v) is 17.1. The Morgan fingerprint density at radius 1 is 1.10 bits per heavy atom. The highest BCUT2D eigenvalue weighted by molar-refractivity contribution is 5.91. The molecule has 0 saturated carbocycles. The number of carbonyl (C=O) groups is 2. The number of carboxylic acid groups (broad SMARTS) is 1. The first kappa shape index (κ1) is 21.6. The van der Waals surface area contributed by atoms with E-state index in [9.17, 15) is 24.6 Å². The smallest absolute Gasteiger partial charge is 0.319 e. The Kier molecular flexibility index (Phi) is 6.40. The highest BCUT2D eigenvalue weighted by Gasteiger charge is 2.20. The average Bonchev–Trinajstić information content (AvgIpc) is 2.73. The summed E-state index contributed by atoms with van der Waals surface area (Å²) in [5.41, 5.74) is 2.68. The number of amides is 2. The van der Waals surface area contributed by atoms with Gasteiger partial charge in [-0.3, -0.25) is 9.59 Å². The number of nitrogens with one attached hydrogen (secondary N) is 2. The molecule has 0 fully saturated rings. The van der Waals surface area contributed by atoms with Crippen molar-refractivity contribution in [2.75, 3.05) is 5.32 Å². The molecule has 8 nitrogen and oxygen atoms in total. The minimum Gasteiger partial charge on any atom is -0.505 e. The quantitative estimate of drug-likeness (QED) is 0.486. The van der Waals surface area contributed by atoms with Gasteiger partial charge in [0.2, 0.25) is 0 Å². The SMILES string of the molecule is Cc1ccccc1-c1cccc([C@H](CC(=O)O)NC(=O)Nc2c(O)ccn(C)c2=O)c1. The summed E-state index contributed by atoms with van der Waals surface area (Å²) in [6, 6.07) is 14.7. The second-order valence-corrected chi connectivity index (χ2v) is 7.18. The van der Waals surface area contributed by atoms with Crippen LogP contribution in [0.3, 0.4) is 0 Å². The molecule has 3 rings (SSSR count). The van der Waals surface area contributed by atoms with Crippen LogP contribution >= 0.6 is 0 Å². The van der Waals surface area contributed by atoms with Crippen LogP contribution in [0, 0.1) is 6.92 Å². The van der Waals surface area contributed by atoms with Gasteiger partial charge in [-0.2, -0.15) is 0 Å². The molecule has 2 amide bonds. The standard InChI is InChI=1S/C23H23N3O5/c1-14-6-3-4-9-17(14)15-7-5-8-16(12-15)18(13-20(28)29)24-23(31)25-21-19(27)10-11-26(2)22(21)30/h3-12,18,27H,13H2,1-2H3,(H,28,29)(H2,24,25,31)/t18-/m0/s1. The van der Waals surface area contributed by atoms with E-state index in [1.165, 1.54) is 23.9 Å². The van der Waals surface area contributed by atoms with Gasteiger partial charge in [0, 0.05) is 13.2 Å². The number of benzene rings is 2. The number of aryl methyl sites for hydroxylation is 2. The van der Waals surface area contributed by atoms with Crippen LogP contribution in [-0.2, 0) is 11.8 Å². The summed E-state index contributed by atoms with van der Waals surface area (Å²) < 4.78 is 1.20. The monoisotopic (exact) mass is 421 g/mol. The summed E-state index contributed by atoms with van der Waals surface area (Å²) in [5.74, 6) is -1.47. The number of aromatic nitrogens is 1. The number of urea groups is 1. The molecule has 4 N–H and O–H groups in total. The fraction of sp³-hybridized carbons (Fsp3) is 0.174. The van der Waals surface area contributed by atoms with Crippen molar-refractivity contribution in [1.29, 1.82) is 0 Å². The van der Waals surface area contributed by atoms with E-state index in [0.29, 0.717) is 5.56 Å². The van der Waals surface area contributed by atoms with Gasteiger partial charge in [-0.05, 0) is 41.3 Å². The number of anilines is 1. The molecule has 3 aromatic rings. The van der Waals surface area contributed by atoms with Crippen molar-refractivity contribution in [3.63, 3.8) is 0 Å². The maximum Gasteiger partial charge on any atom is 0.319 e. The van der Waals surface area contributed by atoms with Crippen LogP contribution in [0.2, 0.25) is 0 Å². The summed E-state index contributed by atoms with van der Waals surface area (Å²) in [6.45, 7) is 1.98. The van der Waals surface area contributed by atoms with E-state index >= 15 is 0 Å². The Morgan fingerprint density at radius 2 is 1.84 bits per heavy atom. The van der Waals surface area contributed by atoms with Crippen LogP contribution < -0.4 is 16.2 Å². The molecule has 0 aliphatic rings. The van der Waals surface area contributed by atoms with Gasteiger partial charge in [0.05, 0.1) is 12.5 Å². The highest BCUT2D eigenvalue weighted by atomic mass is 16.4. The molecule has 0 aliphatic heterocycles. The largest absolute Gasteiger partial charge is 0.505 e. The van der Waals surface area contributed by atoms with Crippen LogP contribution in [0.5, 0.6) is 5.75 Å². The normalized spacial score (nSPS) is 11.5. The topological polar surface area (TPSA) is 121 Å². The fourth-order valence-electron chi connectivity index (χ4n) is 3.29. The Bertz CT molecular complexity index is 1190. The number of carboxylic acids is 1. The maximum atomic E-state index is 12.5. The van der Waals surface area contributed by atoms with Gasteiger partial charge in [-0.25, -0.2) is 4.79 Å². The molecule has 0 saturated heterocycles. The van der Waals surface area contributed by atoms with Gasteiger partial charge in [0.25, 0.3) is 5.56 Å². The van der Waals surface area contributed by atoms with Gasteiger partial charge in [0.1, 0.15) is 5.75 Å². The van der Waals surface area contributed by atoms with E-state index < -0.39 is 23.6 Å². The lowest BCUT2D eigenvalue weighted by Crippen LogP contribution is -2.36. The molecule has 8 heteroatoms. The number of carbonyl (C=O) groups excluding carboxylic acids is 1. The van der Waals surface area contributed by atoms with Crippen molar-refractivity contribution in [2.45, 2.75) is 19.4 Å². The molecule has 0 spiro atoms. The molecule has 0 bridgehead atoms. The lowest BCUT2D eigenvalue weighted by Gasteiger charge is -2.19. The van der Waals surface area contributed by atoms with Crippen molar-refractivity contribution in [3.8, 4) is 16.9 Å². The molecule has 0 unspecified atom stereocenters. The Labute approximate surface area is 178 Å². The van der Waals surface area contributed by atoms with Gasteiger partial charge in [-0.1, -0.05) is 42.5 Å². The summed E-state index contributed by atoms with van der Waals surface area (Å²) in [7, 11) is 1.48. The lowest BCUT2D eigenvalue weighted by molar-refractivity contribution is -0.137. The van der Waals surface area contributed by atoms with E-state index in [1.807, 2.05) is 43.3 Å². The number of aromatic hydroxyl groups is 1. The van der Waals surface area contributed by atoms with Crippen LogP contribution in [0.1, 0.15) is 23.6 Å². The molecule has 1 atom stereocenters. The van der Waals surface area contributed by atoms with E-state index in [0.717, 1.165) is 16.7 Å². The molecule has 31 heavy (non-hydrogen) atoms. The van der Waals surface area contributed by atoms with Crippen molar-refractivity contribution in [2.24, 2.45) is 7.05 Å². The van der Waals surface area contributed by atoms with Gasteiger partial charge in [0.15, 0.2) is 5.69 Å². The number of hydrogen-bond donors (Lipinski definition) is 4. The fourth-order valence-corrected chi connectivity index (χ4v) is 3.29. The zero-order chi connectivity index (χ0) is 22.5. The highest BCUT2D eigenvalue weighted by Crippen LogP contribution is 2.27. The van der Waals surface area contributed by atoms with Gasteiger partial charge >= 0.3 is 12.0 Å². The van der Waals surface area contributed by atoms with Crippen molar-refractivity contribution >= 4 is 17.7 Å². The Morgan fingerprint density at radius 3 is 2.55 bits per heavy atom. The minimum atomic E-state index is -1.09. The third-order valence-corrected chi connectivity index (χ3v) is 4.91. The lowest BCUT2D eigenvalue weighted by atomic mass is 9.95. The number of aliphatic carboxylic acids is 1. The van der Waals surface area contributed by atoms with Gasteiger partial charge in [-0.15, -0.1) is 0 Å². The first-order chi connectivity index (χ1) is 14.8. The molecular weight excluding hydrogens is 398 g/mol. The second-order valence-electron chi connectivity index (χ2n) is 7.18. The van der Waals surface area contributed by atoms with Crippen LogP contribution in [0.25, 0.3) is 11.1 Å². The number of rotatable bonds is 6. The summed E-state index contributed by atoms with van der Waals surface area (Å²) in [5, 5.41) is 24.1. The van der Waals surface area contributed by atoms with Gasteiger partial charge < -0.3 is 25.4 Å². The summed E-state index contributed by atoms with van der Waals surface area (Å²) in [4.78, 5) is 36.1. The first-order valence-electron chi connectivity index (χ1n) is 9.60. The third-order valence-electron chi connectivity index (χ3n) is 4.91. The van der Waals surface area contributed by atoms with Crippen LogP contribution in [0.4, 0.5) is 10.5 Å². The maximum absolute atomic E-state index is 12.5. The number of hydrogen-bond acceptors (Lipinski definition) is 4. The first-order valence-corrected chi connectivity index (χ1v) is 9.60. The van der Waals surface area contributed by atoms with Crippen LogP contribution in [0.15, 0.2) is 65.6 Å². The predicted octanol–water partition coefficient (Wildman–Crippen LogP) is 3.40. The molecule has 1 aromatic heterocycles. The average molecular weight is 421 g/mol. The third kappa shape index (κ3) is 5.11.